The minimum Gasteiger partial charge on any atom is -0.459 e. The molecule has 0 saturated carbocycles. The first-order valence-corrected chi connectivity index (χ1v) is 5.74. The van der Waals surface area contributed by atoms with Crippen molar-refractivity contribution in [1.29, 1.82) is 0 Å². The number of carbonyl (C=O) groups excluding carboxylic acids is 3. The van der Waals surface area contributed by atoms with E-state index in [2.05, 4.69) is 4.74 Å². The fourth-order valence-electron chi connectivity index (χ4n) is 1.31. The van der Waals surface area contributed by atoms with E-state index in [1.807, 2.05) is 0 Å². The van der Waals surface area contributed by atoms with E-state index in [-0.39, 0.29) is 13.0 Å². The molecule has 1 unspecified atom stereocenters. The molecule has 0 N–H and O–H groups in total. The van der Waals surface area contributed by atoms with Crippen LogP contribution in [0.4, 0.5) is 0 Å². The summed E-state index contributed by atoms with van der Waals surface area (Å²) in [7, 11) is 1.33. The zero-order valence-electron chi connectivity index (χ0n) is 9.57. The second-order valence-corrected chi connectivity index (χ2v) is 4.13. The lowest BCUT2D eigenvalue weighted by atomic mass is 9.98. The van der Waals surface area contributed by atoms with E-state index in [9.17, 15) is 14.4 Å². The molecule has 0 aromatic heterocycles. The van der Waals surface area contributed by atoms with Crippen LogP contribution in [0.3, 0.4) is 0 Å². The van der Waals surface area contributed by atoms with E-state index >= 15 is 0 Å². The van der Waals surface area contributed by atoms with Crippen molar-refractivity contribution in [2.75, 3.05) is 13.7 Å². The third-order valence-corrected chi connectivity index (χ3v) is 2.52. The van der Waals surface area contributed by atoms with E-state index in [4.69, 9.17) is 27.9 Å². The molecule has 7 heteroatoms. The second kappa shape index (κ2) is 8.44. The summed E-state index contributed by atoms with van der Waals surface area (Å²) in [6.07, 6.45) is -0.858. The quantitative estimate of drug-likeness (QED) is 0.499. The zero-order valence-corrected chi connectivity index (χ0v) is 11.1. The third-order valence-electron chi connectivity index (χ3n) is 2.09. The van der Waals surface area contributed by atoms with Crippen LogP contribution in [0.1, 0.15) is 19.8 Å². The van der Waals surface area contributed by atoms with Gasteiger partial charge < -0.3 is 9.47 Å². The maximum atomic E-state index is 11.2. The molecule has 17 heavy (non-hydrogen) atoms. The summed E-state index contributed by atoms with van der Waals surface area (Å²) in [4.78, 5) is 33.2. The van der Waals surface area contributed by atoms with Gasteiger partial charge in [0.15, 0.2) is 0 Å². The fraction of sp³-hybridized carbons (Fsp3) is 0.700. The fourth-order valence-corrected chi connectivity index (χ4v) is 1.76. The molecule has 0 rings (SSSR count). The van der Waals surface area contributed by atoms with Crippen LogP contribution >= 0.6 is 23.2 Å². The predicted molar refractivity (Wildman–Crippen MR) is 61.9 cm³/mol. The molecular formula is C10H14Cl2O5. The van der Waals surface area contributed by atoms with E-state index in [0.29, 0.717) is 6.42 Å². The maximum absolute atomic E-state index is 11.2. The van der Waals surface area contributed by atoms with E-state index in [1.165, 1.54) is 7.11 Å². The summed E-state index contributed by atoms with van der Waals surface area (Å²) in [6.45, 7) is 1.43. The normalized spacial score (nSPS) is 13.9. The van der Waals surface area contributed by atoms with Crippen LogP contribution in [-0.4, -0.2) is 36.3 Å². The summed E-state index contributed by atoms with van der Waals surface area (Å²) in [6, 6.07) is 0. The summed E-state index contributed by atoms with van der Waals surface area (Å²) in [5.41, 5.74) is 0. The number of hydrogen-bond donors (Lipinski definition) is 0. The van der Waals surface area contributed by atoms with Crippen molar-refractivity contribution < 1.29 is 23.9 Å². The maximum Gasteiger partial charge on any atom is 0.332 e. The molecule has 0 aromatic carbocycles. The summed E-state index contributed by atoms with van der Waals surface area (Å²) < 4.78 is 9.51. The topological polar surface area (TPSA) is 69.7 Å². The van der Waals surface area contributed by atoms with E-state index in [0.717, 1.165) is 0 Å². The molecule has 0 aliphatic rings. The molecule has 0 radical (unpaired) electrons. The standard InChI is InChI=1S/C10H14Cl2O5/c1-3-6(10(12)15)7(4-8(11)13)17-9(14)5-16-2/h6-7H,3-5H2,1-2H3/t6?,7-/m1/s1. The van der Waals surface area contributed by atoms with Crippen molar-refractivity contribution in [2.24, 2.45) is 5.92 Å². The highest BCUT2D eigenvalue weighted by Gasteiger charge is 2.30. The Morgan fingerprint density at radius 3 is 2.18 bits per heavy atom. The van der Waals surface area contributed by atoms with Gasteiger partial charge in [-0.3, -0.25) is 9.59 Å². The lowest BCUT2D eigenvalue weighted by molar-refractivity contribution is -0.157. The molecule has 0 fully saturated rings. The molecule has 98 valence electrons. The van der Waals surface area contributed by atoms with Gasteiger partial charge in [-0.15, -0.1) is 0 Å². The predicted octanol–water partition coefficient (Wildman–Crippen LogP) is 1.49. The lowest BCUT2D eigenvalue weighted by Gasteiger charge is -2.22. The Kier molecular flexibility index (Phi) is 8.12. The Bertz CT molecular complexity index is 292. The Labute approximate surface area is 109 Å². The Hall–Kier alpha value is -0.650. The number of ether oxygens (including phenoxy) is 2. The van der Waals surface area contributed by atoms with Gasteiger partial charge in [-0.1, -0.05) is 6.92 Å². The molecule has 5 nitrogen and oxygen atoms in total. The highest BCUT2D eigenvalue weighted by atomic mass is 35.5. The lowest BCUT2D eigenvalue weighted by Crippen LogP contribution is -2.32. The number of carbonyl (C=O) groups is 3. The van der Waals surface area contributed by atoms with Crippen LogP contribution in [0.2, 0.25) is 0 Å². The number of methoxy groups -OCH3 is 1. The van der Waals surface area contributed by atoms with E-state index < -0.39 is 28.5 Å². The molecule has 0 bridgehead atoms. The number of esters is 1. The highest BCUT2D eigenvalue weighted by molar-refractivity contribution is 6.64. The van der Waals surface area contributed by atoms with Gasteiger partial charge in [0, 0.05) is 7.11 Å². The van der Waals surface area contributed by atoms with Crippen molar-refractivity contribution in [3.63, 3.8) is 0 Å². The Balaban J connectivity index is 4.67. The largest absolute Gasteiger partial charge is 0.459 e. The van der Waals surface area contributed by atoms with E-state index in [1.54, 1.807) is 6.92 Å². The molecule has 0 amide bonds. The molecular weight excluding hydrogens is 271 g/mol. The zero-order chi connectivity index (χ0) is 13.4. The molecule has 0 aliphatic heterocycles. The van der Waals surface area contributed by atoms with Gasteiger partial charge in [0.1, 0.15) is 12.7 Å². The van der Waals surface area contributed by atoms with Gasteiger partial charge in [0.05, 0.1) is 12.3 Å². The van der Waals surface area contributed by atoms with Crippen molar-refractivity contribution in [1.82, 2.24) is 0 Å². The minimum absolute atomic E-state index is 0.256. The van der Waals surface area contributed by atoms with Gasteiger partial charge in [-0.25, -0.2) is 4.79 Å². The Morgan fingerprint density at radius 1 is 1.24 bits per heavy atom. The second-order valence-electron chi connectivity index (χ2n) is 3.34. The van der Waals surface area contributed by atoms with Crippen LogP contribution in [0.25, 0.3) is 0 Å². The molecule has 0 spiro atoms. The SMILES string of the molecule is CCC(C(=O)Cl)[C@@H](CC(=O)Cl)OC(=O)COC. The van der Waals surface area contributed by atoms with Crippen LogP contribution in [0.5, 0.6) is 0 Å². The first-order chi connectivity index (χ1) is 7.92. The van der Waals surface area contributed by atoms with Gasteiger partial charge in [0.25, 0.3) is 0 Å². The van der Waals surface area contributed by atoms with Crippen molar-refractivity contribution in [3.05, 3.63) is 0 Å². The number of hydrogen-bond acceptors (Lipinski definition) is 5. The van der Waals surface area contributed by atoms with Gasteiger partial charge in [-0.2, -0.15) is 0 Å². The monoisotopic (exact) mass is 284 g/mol. The average Bonchev–Trinajstić information content (AvgIpc) is 2.16. The summed E-state index contributed by atoms with van der Waals surface area (Å²) in [5, 5.41) is -1.36. The van der Waals surface area contributed by atoms with Crippen LogP contribution in [-0.2, 0) is 23.9 Å². The molecule has 0 aliphatic carbocycles. The minimum atomic E-state index is -0.947. The first-order valence-electron chi connectivity index (χ1n) is 4.98. The third kappa shape index (κ3) is 6.61. The first kappa shape index (κ1) is 16.4. The van der Waals surface area contributed by atoms with Crippen molar-refractivity contribution in [2.45, 2.75) is 25.9 Å². The molecule has 0 saturated heterocycles. The van der Waals surface area contributed by atoms with Gasteiger partial charge >= 0.3 is 5.97 Å². The van der Waals surface area contributed by atoms with Gasteiger partial charge in [0.2, 0.25) is 10.5 Å². The summed E-state index contributed by atoms with van der Waals surface area (Å²) in [5.74, 6) is -1.42. The molecule has 0 heterocycles. The summed E-state index contributed by atoms with van der Waals surface area (Å²) >= 11 is 10.6. The molecule has 0 aromatic rings. The van der Waals surface area contributed by atoms with Crippen LogP contribution < -0.4 is 0 Å². The van der Waals surface area contributed by atoms with Crippen molar-refractivity contribution >= 4 is 39.7 Å². The van der Waals surface area contributed by atoms with Gasteiger partial charge in [-0.05, 0) is 29.6 Å². The average molecular weight is 285 g/mol. The number of rotatable bonds is 8. The molecule has 2 atom stereocenters. The van der Waals surface area contributed by atoms with Crippen LogP contribution in [0, 0.1) is 5.92 Å². The van der Waals surface area contributed by atoms with Crippen molar-refractivity contribution in [3.8, 4) is 0 Å². The smallest absolute Gasteiger partial charge is 0.332 e. The van der Waals surface area contributed by atoms with Crippen LogP contribution in [0.15, 0.2) is 0 Å². The highest BCUT2D eigenvalue weighted by Crippen LogP contribution is 2.20. The number of halogens is 2. The Morgan fingerprint density at radius 2 is 1.82 bits per heavy atom.